The number of halogens is 1. The van der Waals surface area contributed by atoms with Gasteiger partial charge in [0.15, 0.2) is 0 Å². The predicted octanol–water partition coefficient (Wildman–Crippen LogP) is 3.48. The Bertz CT molecular complexity index is 949. The third-order valence-electron chi connectivity index (χ3n) is 3.16. The standard InChI is InChI=1S/C17H13IN2O4/c1-10(21)23-13-3-5-16-12(7-13)9-20(19-16)17-6-4-14(8-15(17)18)24-11(2)22/h3-9H,1-2H3. The van der Waals surface area contributed by atoms with Gasteiger partial charge in [-0.15, -0.1) is 0 Å². The Morgan fingerprint density at radius 1 is 1.00 bits per heavy atom. The van der Waals surface area contributed by atoms with Crippen LogP contribution in [0.4, 0.5) is 0 Å². The van der Waals surface area contributed by atoms with Gasteiger partial charge in [0.25, 0.3) is 0 Å². The fraction of sp³-hybridized carbons (Fsp3) is 0.118. The van der Waals surface area contributed by atoms with E-state index in [1.54, 1.807) is 35.0 Å². The molecule has 0 N–H and O–H groups in total. The highest BCUT2D eigenvalue weighted by Crippen LogP contribution is 2.26. The van der Waals surface area contributed by atoms with Gasteiger partial charge in [0.05, 0.1) is 11.2 Å². The van der Waals surface area contributed by atoms with Gasteiger partial charge < -0.3 is 9.47 Å². The summed E-state index contributed by atoms with van der Waals surface area (Å²) >= 11 is 2.16. The summed E-state index contributed by atoms with van der Waals surface area (Å²) < 4.78 is 12.8. The van der Waals surface area contributed by atoms with E-state index in [0.29, 0.717) is 11.5 Å². The summed E-state index contributed by atoms with van der Waals surface area (Å²) in [5, 5.41) is 5.37. The van der Waals surface area contributed by atoms with Crippen molar-refractivity contribution in [1.29, 1.82) is 0 Å². The molecule has 0 aliphatic heterocycles. The van der Waals surface area contributed by atoms with Crippen molar-refractivity contribution in [3.8, 4) is 17.2 Å². The molecule has 122 valence electrons. The zero-order chi connectivity index (χ0) is 17.3. The first kappa shape index (κ1) is 16.4. The second-order valence-corrected chi connectivity index (χ2v) is 6.26. The largest absolute Gasteiger partial charge is 0.427 e. The molecule has 2 aromatic carbocycles. The average Bonchev–Trinajstić information content (AvgIpc) is 2.88. The van der Waals surface area contributed by atoms with Crippen molar-refractivity contribution in [1.82, 2.24) is 9.78 Å². The molecule has 0 saturated carbocycles. The second-order valence-electron chi connectivity index (χ2n) is 5.09. The number of ether oxygens (including phenoxy) is 2. The number of hydrogen-bond donors (Lipinski definition) is 0. The molecule has 1 heterocycles. The molecule has 0 bridgehead atoms. The molecule has 0 saturated heterocycles. The van der Waals surface area contributed by atoms with Gasteiger partial charge in [-0.05, 0) is 59.0 Å². The molecule has 3 aromatic rings. The number of esters is 2. The number of fused-ring (bicyclic) bond motifs is 1. The summed E-state index contributed by atoms with van der Waals surface area (Å²) in [6, 6.07) is 10.6. The van der Waals surface area contributed by atoms with Crippen LogP contribution < -0.4 is 9.47 Å². The van der Waals surface area contributed by atoms with E-state index in [-0.39, 0.29) is 11.9 Å². The smallest absolute Gasteiger partial charge is 0.308 e. The average molecular weight is 436 g/mol. The fourth-order valence-electron chi connectivity index (χ4n) is 2.26. The highest BCUT2D eigenvalue weighted by molar-refractivity contribution is 14.1. The SMILES string of the molecule is CC(=O)Oc1ccc(-n2cc3cc(OC(C)=O)ccc3n2)c(I)c1. The van der Waals surface area contributed by atoms with Gasteiger partial charge in [-0.2, -0.15) is 5.10 Å². The van der Waals surface area contributed by atoms with Gasteiger partial charge in [-0.25, -0.2) is 4.68 Å². The zero-order valence-corrected chi connectivity index (χ0v) is 15.1. The first-order valence-electron chi connectivity index (χ1n) is 7.08. The van der Waals surface area contributed by atoms with Crippen LogP contribution in [0.25, 0.3) is 16.6 Å². The molecule has 0 amide bonds. The van der Waals surface area contributed by atoms with Crippen LogP contribution in [-0.2, 0) is 9.59 Å². The monoisotopic (exact) mass is 436 g/mol. The maximum atomic E-state index is 11.0. The van der Waals surface area contributed by atoms with Crippen molar-refractivity contribution in [3.05, 3.63) is 46.2 Å². The van der Waals surface area contributed by atoms with Crippen LogP contribution >= 0.6 is 22.6 Å². The third kappa shape index (κ3) is 3.56. The Balaban J connectivity index is 1.97. The van der Waals surface area contributed by atoms with Gasteiger partial charge in [-0.3, -0.25) is 9.59 Å². The lowest BCUT2D eigenvalue weighted by Gasteiger charge is -2.07. The van der Waals surface area contributed by atoms with E-state index in [2.05, 4.69) is 27.7 Å². The molecule has 6 nitrogen and oxygen atoms in total. The number of carbonyl (C=O) groups is 2. The molecule has 0 aliphatic rings. The van der Waals surface area contributed by atoms with Crippen molar-refractivity contribution in [2.75, 3.05) is 0 Å². The molecule has 0 unspecified atom stereocenters. The molecule has 0 aliphatic carbocycles. The summed E-state index contributed by atoms with van der Waals surface area (Å²) in [4.78, 5) is 22.1. The number of aromatic nitrogens is 2. The molecule has 24 heavy (non-hydrogen) atoms. The maximum Gasteiger partial charge on any atom is 0.308 e. The number of nitrogens with zero attached hydrogens (tertiary/aromatic N) is 2. The van der Waals surface area contributed by atoms with E-state index in [1.165, 1.54) is 13.8 Å². The Morgan fingerprint density at radius 2 is 1.62 bits per heavy atom. The van der Waals surface area contributed by atoms with Gasteiger partial charge in [0, 0.05) is 29.0 Å². The summed E-state index contributed by atoms with van der Waals surface area (Å²) in [6.45, 7) is 2.72. The molecule has 3 rings (SSSR count). The van der Waals surface area contributed by atoms with Gasteiger partial charge in [0.1, 0.15) is 11.5 Å². The minimum atomic E-state index is -0.364. The molecular formula is C17H13IN2O4. The quantitative estimate of drug-likeness (QED) is 0.357. The van der Waals surface area contributed by atoms with E-state index in [9.17, 15) is 9.59 Å². The molecule has 0 spiro atoms. The van der Waals surface area contributed by atoms with Crippen LogP contribution in [0, 0.1) is 3.57 Å². The number of carbonyl (C=O) groups excluding carboxylic acids is 2. The summed E-state index contributed by atoms with van der Waals surface area (Å²) in [5.74, 6) is 0.248. The lowest BCUT2D eigenvalue weighted by Crippen LogP contribution is -2.03. The maximum absolute atomic E-state index is 11.0. The number of benzene rings is 2. The minimum absolute atomic E-state index is 0.360. The second kappa shape index (κ2) is 6.60. The van der Waals surface area contributed by atoms with Crippen LogP contribution in [-0.4, -0.2) is 21.7 Å². The molecule has 0 atom stereocenters. The van der Waals surface area contributed by atoms with Crippen molar-refractivity contribution in [2.24, 2.45) is 0 Å². The Hall–Kier alpha value is -2.42. The van der Waals surface area contributed by atoms with Crippen LogP contribution in [0.3, 0.4) is 0 Å². The van der Waals surface area contributed by atoms with E-state index >= 15 is 0 Å². The van der Waals surface area contributed by atoms with Crippen molar-refractivity contribution < 1.29 is 19.1 Å². The number of rotatable bonds is 3. The zero-order valence-electron chi connectivity index (χ0n) is 12.9. The lowest BCUT2D eigenvalue weighted by atomic mass is 10.2. The molecular weight excluding hydrogens is 423 g/mol. The van der Waals surface area contributed by atoms with Gasteiger partial charge in [0.2, 0.25) is 0 Å². The van der Waals surface area contributed by atoms with E-state index in [4.69, 9.17) is 9.47 Å². The van der Waals surface area contributed by atoms with E-state index in [1.807, 2.05) is 12.3 Å². The predicted molar refractivity (Wildman–Crippen MR) is 96.4 cm³/mol. The summed E-state index contributed by atoms with van der Waals surface area (Å²) in [6.07, 6.45) is 1.85. The van der Waals surface area contributed by atoms with E-state index in [0.717, 1.165) is 20.2 Å². The number of hydrogen-bond acceptors (Lipinski definition) is 5. The van der Waals surface area contributed by atoms with Crippen LogP contribution in [0.5, 0.6) is 11.5 Å². The summed E-state index contributed by atoms with van der Waals surface area (Å²) in [7, 11) is 0. The Kier molecular flexibility index (Phi) is 4.52. The van der Waals surface area contributed by atoms with Gasteiger partial charge in [-0.1, -0.05) is 0 Å². The fourth-order valence-corrected chi connectivity index (χ4v) is 2.99. The minimum Gasteiger partial charge on any atom is -0.427 e. The molecule has 0 fully saturated rings. The van der Waals surface area contributed by atoms with Crippen LogP contribution in [0.1, 0.15) is 13.8 Å². The third-order valence-corrected chi connectivity index (χ3v) is 4.03. The topological polar surface area (TPSA) is 70.4 Å². The van der Waals surface area contributed by atoms with Crippen LogP contribution in [0.2, 0.25) is 0 Å². The Labute approximate surface area is 151 Å². The first-order valence-corrected chi connectivity index (χ1v) is 8.16. The van der Waals surface area contributed by atoms with Crippen molar-refractivity contribution in [2.45, 2.75) is 13.8 Å². The van der Waals surface area contributed by atoms with Gasteiger partial charge >= 0.3 is 11.9 Å². The Morgan fingerprint density at radius 3 is 2.25 bits per heavy atom. The van der Waals surface area contributed by atoms with E-state index < -0.39 is 0 Å². The normalized spacial score (nSPS) is 10.6. The molecule has 0 radical (unpaired) electrons. The van der Waals surface area contributed by atoms with Crippen molar-refractivity contribution in [3.63, 3.8) is 0 Å². The molecule has 1 aromatic heterocycles. The summed E-state index contributed by atoms with van der Waals surface area (Å²) in [5.41, 5.74) is 1.64. The molecule has 7 heteroatoms. The van der Waals surface area contributed by atoms with Crippen molar-refractivity contribution >= 4 is 45.4 Å². The van der Waals surface area contributed by atoms with Crippen LogP contribution in [0.15, 0.2) is 42.6 Å². The highest BCUT2D eigenvalue weighted by Gasteiger charge is 2.10. The highest BCUT2D eigenvalue weighted by atomic mass is 127. The lowest BCUT2D eigenvalue weighted by molar-refractivity contribution is -0.132. The first-order chi connectivity index (χ1) is 11.4.